The first-order valence-electron chi connectivity index (χ1n) is 9.61. The van der Waals surface area contributed by atoms with Crippen LogP contribution in [0.3, 0.4) is 0 Å². The van der Waals surface area contributed by atoms with Crippen molar-refractivity contribution in [3.8, 4) is 0 Å². The molecule has 26 heavy (non-hydrogen) atoms. The van der Waals surface area contributed by atoms with E-state index in [4.69, 9.17) is 9.84 Å². The van der Waals surface area contributed by atoms with Gasteiger partial charge in [0.15, 0.2) is 11.5 Å². The zero-order chi connectivity index (χ0) is 17.5. The fraction of sp³-hybridized carbons (Fsp3) is 0.667. The summed E-state index contributed by atoms with van der Waals surface area (Å²) < 4.78 is 7.58. The Morgan fingerprint density at radius 3 is 2.92 bits per heavy atom. The zero-order valence-corrected chi connectivity index (χ0v) is 14.9. The lowest BCUT2D eigenvalue weighted by molar-refractivity contribution is -0.134. The van der Waals surface area contributed by atoms with E-state index in [-0.39, 0.29) is 18.6 Å². The molecule has 1 N–H and O–H groups in total. The minimum absolute atomic E-state index is 0.0161. The third-order valence-electron chi connectivity index (χ3n) is 5.83. The third kappa shape index (κ3) is 2.97. The number of hydrogen-bond acceptors (Lipinski definition) is 6. The van der Waals surface area contributed by atoms with E-state index in [2.05, 4.69) is 26.5 Å². The Bertz CT molecular complexity index is 816. The van der Waals surface area contributed by atoms with Crippen molar-refractivity contribution in [2.75, 3.05) is 32.8 Å². The van der Waals surface area contributed by atoms with Crippen molar-refractivity contribution >= 4 is 11.6 Å². The SMILES string of the molecule is O=C1COC(CN2CCC(c3nnc4cc5c(nn34)CCC5)CC2)CN1. The number of morpholine rings is 1. The van der Waals surface area contributed by atoms with Crippen LogP contribution in [0.15, 0.2) is 6.07 Å². The summed E-state index contributed by atoms with van der Waals surface area (Å²) in [6.07, 6.45) is 5.59. The van der Waals surface area contributed by atoms with Gasteiger partial charge < -0.3 is 15.0 Å². The molecule has 0 aromatic carbocycles. The van der Waals surface area contributed by atoms with E-state index in [1.807, 2.05) is 4.52 Å². The maximum absolute atomic E-state index is 11.2. The molecule has 2 fully saturated rings. The van der Waals surface area contributed by atoms with E-state index < -0.39 is 0 Å². The number of piperidine rings is 1. The number of ether oxygens (including phenoxy) is 1. The van der Waals surface area contributed by atoms with Gasteiger partial charge in [0, 0.05) is 19.0 Å². The van der Waals surface area contributed by atoms with E-state index in [0.29, 0.717) is 12.5 Å². The average Bonchev–Trinajstić information content (AvgIpc) is 3.28. The molecule has 3 aliphatic rings. The number of fused-ring (bicyclic) bond motifs is 2. The standard InChI is InChI=1S/C18H24N6O2/c25-17-11-26-14(9-19-17)10-23-6-4-12(5-7-23)18-21-20-16-8-13-2-1-3-15(13)22-24(16)18/h8,12,14H,1-7,9-11H2,(H,19,25). The highest BCUT2D eigenvalue weighted by atomic mass is 16.5. The summed E-state index contributed by atoms with van der Waals surface area (Å²) in [6.45, 7) is 3.70. The first-order valence-corrected chi connectivity index (χ1v) is 9.61. The summed E-state index contributed by atoms with van der Waals surface area (Å²) in [7, 11) is 0. The van der Waals surface area contributed by atoms with Crippen molar-refractivity contribution < 1.29 is 9.53 Å². The quantitative estimate of drug-likeness (QED) is 0.852. The predicted molar refractivity (Wildman–Crippen MR) is 94.0 cm³/mol. The van der Waals surface area contributed by atoms with Crippen LogP contribution in [0.4, 0.5) is 0 Å². The van der Waals surface area contributed by atoms with Crippen molar-refractivity contribution in [1.82, 2.24) is 30.0 Å². The molecule has 0 spiro atoms. The number of carbonyl (C=O) groups excluding carboxylic acids is 1. The van der Waals surface area contributed by atoms with Crippen LogP contribution in [-0.2, 0) is 22.4 Å². The molecule has 2 saturated heterocycles. The molecule has 5 rings (SSSR count). The van der Waals surface area contributed by atoms with E-state index in [1.165, 1.54) is 17.7 Å². The van der Waals surface area contributed by atoms with Gasteiger partial charge >= 0.3 is 0 Å². The van der Waals surface area contributed by atoms with Gasteiger partial charge in [-0.2, -0.15) is 9.61 Å². The molecule has 2 aliphatic heterocycles. The summed E-state index contributed by atoms with van der Waals surface area (Å²) in [5, 5.41) is 16.5. The van der Waals surface area contributed by atoms with Crippen LogP contribution < -0.4 is 5.32 Å². The summed E-state index contributed by atoms with van der Waals surface area (Å²) in [4.78, 5) is 13.6. The van der Waals surface area contributed by atoms with Gasteiger partial charge in [-0.3, -0.25) is 4.79 Å². The van der Waals surface area contributed by atoms with Crippen molar-refractivity contribution in [2.24, 2.45) is 0 Å². The Labute approximate surface area is 151 Å². The smallest absolute Gasteiger partial charge is 0.246 e. The Morgan fingerprint density at radius 2 is 2.12 bits per heavy atom. The van der Waals surface area contributed by atoms with Crippen molar-refractivity contribution in [1.29, 1.82) is 0 Å². The number of nitrogens with one attached hydrogen (secondary N) is 1. The minimum atomic E-state index is -0.0161. The molecule has 1 unspecified atom stereocenters. The lowest BCUT2D eigenvalue weighted by Crippen LogP contribution is -2.49. The second-order valence-electron chi connectivity index (χ2n) is 7.61. The van der Waals surface area contributed by atoms with Crippen molar-refractivity contribution in [3.05, 3.63) is 23.1 Å². The molecule has 0 radical (unpaired) electrons. The number of aryl methyl sites for hydroxylation is 2. The van der Waals surface area contributed by atoms with E-state index >= 15 is 0 Å². The third-order valence-corrected chi connectivity index (χ3v) is 5.83. The lowest BCUT2D eigenvalue weighted by atomic mass is 9.96. The van der Waals surface area contributed by atoms with Crippen LogP contribution in [0.1, 0.15) is 42.3 Å². The van der Waals surface area contributed by atoms with Gasteiger partial charge in [0.1, 0.15) is 6.61 Å². The van der Waals surface area contributed by atoms with Crippen LogP contribution in [-0.4, -0.2) is 69.5 Å². The van der Waals surface area contributed by atoms with Crippen LogP contribution in [0, 0.1) is 0 Å². The largest absolute Gasteiger partial charge is 0.365 e. The van der Waals surface area contributed by atoms with Crippen LogP contribution in [0.25, 0.3) is 5.65 Å². The maximum atomic E-state index is 11.2. The van der Waals surface area contributed by atoms with Crippen LogP contribution >= 0.6 is 0 Å². The van der Waals surface area contributed by atoms with Gasteiger partial charge in [0.05, 0.1) is 11.8 Å². The Balaban J connectivity index is 1.24. The van der Waals surface area contributed by atoms with Gasteiger partial charge in [0.2, 0.25) is 5.91 Å². The predicted octanol–water partition coefficient (Wildman–Crippen LogP) is 0.307. The molecular weight excluding hydrogens is 332 g/mol. The van der Waals surface area contributed by atoms with Gasteiger partial charge in [-0.25, -0.2) is 0 Å². The topological polar surface area (TPSA) is 84.7 Å². The second kappa shape index (κ2) is 6.59. The van der Waals surface area contributed by atoms with Gasteiger partial charge in [-0.15, -0.1) is 10.2 Å². The fourth-order valence-electron chi connectivity index (χ4n) is 4.36. The zero-order valence-electron chi connectivity index (χ0n) is 14.9. The molecule has 1 aliphatic carbocycles. The molecule has 1 amide bonds. The van der Waals surface area contributed by atoms with Crippen molar-refractivity contribution in [3.63, 3.8) is 0 Å². The molecule has 2 aromatic heterocycles. The Kier molecular flexibility index (Phi) is 4.09. The van der Waals surface area contributed by atoms with Crippen LogP contribution in [0.2, 0.25) is 0 Å². The first kappa shape index (κ1) is 16.1. The average molecular weight is 356 g/mol. The number of carbonyl (C=O) groups is 1. The summed E-state index contributed by atoms with van der Waals surface area (Å²) in [6, 6.07) is 2.16. The number of nitrogens with zero attached hydrogens (tertiary/aromatic N) is 5. The molecule has 138 valence electrons. The Hall–Kier alpha value is -2.06. The molecule has 4 heterocycles. The summed E-state index contributed by atoms with van der Waals surface area (Å²) >= 11 is 0. The highest BCUT2D eigenvalue weighted by molar-refractivity contribution is 5.77. The number of rotatable bonds is 3. The highest BCUT2D eigenvalue weighted by Gasteiger charge is 2.28. The molecule has 0 bridgehead atoms. The molecular formula is C18H24N6O2. The van der Waals surface area contributed by atoms with Gasteiger partial charge in [-0.1, -0.05) is 0 Å². The fourth-order valence-corrected chi connectivity index (χ4v) is 4.36. The number of aromatic nitrogens is 4. The molecule has 8 nitrogen and oxygen atoms in total. The lowest BCUT2D eigenvalue weighted by Gasteiger charge is -2.34. The first-order chi connectivity index (χ1) is 12.8. The maximum Gasteiger partial charge on any atom is 0.246 e. The number of likely N-dealkylation sites (tertiary alicyclic amines) is 1. The van der Waals surface area contributed by atoms with E-state index in [0.717, 1.165) is 56.8 Å². The van der Waals surface area contributed by atoms with Crippen LogP contribution in [0.5, 0.6) is 0 Å². The molecule has 1 atom stereocenters. The number of hydrogen-bond donors (Lipinski definition) is 1. The highest BCUT2D eigenvalue weighted by Crippen LogP contribution is 2.28. The van der Waals surface area contributed by atoms with E-state index in [1.54, 1.807) is 0 Å². The number of amides is 1. The summed E-state index contributed by atoms with van der Waals surface area (Å²) in [5.41, 5.74) is 3.44. The normalized spacial score (nSPS) is 24.8. The Morgan fingerprint density at radius 1 is 1.23 bits per heavy atom. The van der Waals surface area contributed by atoms with Crippen molar-refractivity contribution in [2.45, 2.75) is 44.1 Å². The summed E-state index contributed by atoms with van der Waals surface area (Å²) in [5.74, 6) is 1.40. The second-order valence-corrected chi connectivity index (χ2v) is 7.61. The van der Waals surface area contributed by atoms with E-state index in [9.17, 15) is 4.79 Å². The monoisotopic (exact) mass is 356 g/mol. The molecule has 8 heteroatoms. The molecule has 2 aromatic rings. The minimum Gasteiger partial charge on any atom is -0.365 e. The molecule has 0 saturated carbocycles. The van der Waals surface area contributed by atoms with Gasteiger partial charge in [0.25, 0.3) is 0 Å². The van der Waals surface area contributed by atoms with Gasteiger partial charge in [-0.05, 0) is 56.8 Å².